The minimum Gasteiger partial charge on any atom is -0.393 e. The number of aliphatic hydroxyl groups is 1. The monoisotopic (exact) mass is 316 g/mol. The van der Waals surface area contributed by atoms with Gasteiger partial charge in [-0.25, -0.2) is 0 Å². The van der Waals surface area contributed by atoms with E-state index in [1.807, 2.05) is 0 Å². The molecular formula is C21H32O2. The molecule has 2 nitrogen and oxygen atoms in total. The molecule has 128 valence electrons. The summed E-state index contributed by atoms with van der Waals surface area (Å²) >= 11 is 0. The first-order chi connectivity index (χ1) is 11.0. The minimum atomic E-state index is -0.0853. The van der Waals surface area contributed by atoms with Crippen molar-refractivity contribution in [2.45, 2.75) is 83.3 Å². The van der Waals surface area contributed by atoms with E-state index in [0.29, 0.717) is 10.8 Å². The van der Waals surface area contributed by atoms with Crippen LogP contribution in [0.15, 0.2) is 11.6 Å². The molecule has 1 spiro atoms. The van der Waals surface area contributed by atoms with Crippen molar-refractivity contribution in [3.63, 3.8) is 0 Å². The van der Waals surface area contributed by atoms with Crippen LogP contribution in [0, 0.1) is 28.6 Å². The van der Waals surface area contributed by atoms with Crippen LogP contribution >= 0.6 is 0 Å². The van der Waals surface area contributed by atoms with E-state index in [1.165, 1.54) is 44.9 Å². The summed E-state index contributed by atoms with van der Waals surface area (Å²) in [6, 6.07) is 0. The molecule has 0 radical (unpaired) electrons. The van der Waals surface area contributed by atoms with Gasteiger partial charge in [0.1, 0.15) is 0 Å². The lowest BCUT2D eigenvalue weighted by Crippen LogP contribution is -2.59. The van der Waals surface area contributed by atoms with Crippen LogP contribution in [0.25, 0.3) is 0 Å². The zero-order chi connectivity index (χ0) is 15.9. The summed E-state index contributed by atoms with van der Waals surface area (Å²) < 4.78 is 6.23. The largest absolute Gasteiger partial charge is 0.393 e. The third kappa shape index (κ3) is 1.73. The number of ether oxygens (including phenoxy) is 1. The summed E-state index contributed by atoms with van der Waals surface area (Å²) in [6.45, 7) is 6.08. The molecule has 0 unspecified atom stereocenters. The quantitative estimate of drug-likeness (QED) is 0.668. The normalized spacial score (nSPS) is 58.0. The van der Waals surface area contributed by atoms with E-state index in [4.69, 9.17) is 4.74 Å². The number of aliphatic hydroxyl groups excluding tert-OH is 1. The molecule has 0 aromatic rings. The van der Waals surface area contributed by atoms with Crippen LogP contribution in [0.2, 0.25) is 0 Å². The highest BCUT2D eigenvalue weighted by Crippen LogP contribution is 2.69. The fraction of sp³-hybridized carbons (Fsp3) is 0.905. The van der Waals surface area contributed by atoms with Gasteiger partial charge in [-0.2, -0.15) is 0 Å². The van der Waals surface area contributed by atoms with Crippen molar-refractivity contribution in [1.82, 2.24) is 0 Å². The van der Waals surface area contributed by atoms with E-state index in [2.05, 4.69) is 19.9 Å². The summed E-state index contributed by atoms with van der Waals surface area (Å²) in [4.78, 5) is 0. The highest BCUT2D eigenvalue weighted by molar-refractivity contribution is 5.26. The fourth-order valence-electron chi connectivity index (χ4n) is 7.73. The Morgan fingerprint density at radius 3 is 2.57 bits per heavy atom. The Morgan fingerprint density at radius 2 is 1.83 bits per heavy atom. The van der Waals surface area contributed by atoms with E-state index in [0.717, 1.165) is 37.2 Å². The number of fused-ring (bicyclic) bond motifs is 6. The van der Waals surface area contributed by atoms with Crippen molar-refractivity contribution in [2.24, 2.45) is 28.6 Å². The number of rotatable bonds is 0. The molecular weight excluding hydrogens is 284 g/mol. The Bertz CT molecular complexity index is 548. The Morgan fingerprint density at radius 1 is 1.04 bits per heavy atom. The van der Waals surface area contributed by atoms with Crippen molar-refractivity contribution in [1.29, 1.82) is 0 Å². The molecule has 7 atom stereocenters. The molecule has 1 saturated heterocycles. The summed E-state index contributed by atoms with van der Waals surface area (Å²) in [5, 5.41) is 10.1. The lowest BCUT2D eigenvalue weighted by Gasteiger charge is -2.61. The van der Waals surface area contributed by atoms with E-state index in [1.54, 1.807) is 5.57 Å². The predicted molar refractivity (Wildman–Crippen MR) is 91.0 cm³/mol. The first-order valence-corrected chi connectivity index (χ1v) is 10.0. The molecule has 4 aliphatic carbocycles. The smallest absolute Gasteiger partial charge is 0.0760 e. The molecule has 5 aliphatic rings. The van der Waals surface area contributed by atoms with Gasteiger partial charge in [0, 0.05) is 6.42 Å². The van der Waals surface area contributed by atoms with Crippen molar-refractivity contribution in [2.75, 3.05) is 6.61 Å². The highest BCUT2D eigenvalue weighted by atomic mass is 16.5. The Labute approximate surface area is 140 Å². The summed E-state index contributed by atoms with van der Waals surface area (Å²) in [5.41, 5.74) is 2.65. The van der Waals surface area contributed by atoms with Crippen LogP contribution in [-0.2, 0) is 4.74 Å². The predicted octanol–water partition coefficient (Wildman–Crippen LogP) is 4.47. The Balaban J connectivity index is 1.49. The maximum atomic E-state index is 10.1. The summed E-state index contributed by atoms with van der Waals surface area (Å²) in [7, 11) is 0. The van der Waals surface area contributed by atoms with Gasteiger partial charge >= 0.3 is 0 Å². The van der Waals surface area contributed by atoms with Gasteiger partial charge in [0.25, 0.3) is 0 Å². The average Bonchev–Trinajstić information content (AvgIpc) is 2.81. The molecule has 0 amide bonds. The first-order valence-electron chi connectivity index (χ1n) is 10.0. The second-order valence-corrected chi connectivity index (χ2v) is 9.74. The number of hydrogen-bond donors (Lipinski definition) is 1. The van der Waals surface area contributed by atoms with Crippen LogP contribution in [0.3, 0.4) is 0 Å². The van der Waals surface area contributed by atoms with E-state index in [-0.39, 0.29) is 11.7 Å². The lowest BCUT2D eigenvalue weighted by atomic mass is 9.46. The van der Waals surface area contributed by atoms with Crippen molar-refractivity contribution in [3.05, 3.63) is 11.6 Å². The fourth-order valence-corrected chi connectivity index (χ4v) is 7.73. The number of hydrogen-bond acceptors (Lipinski definition) is 2. The minimum absolute atomic E-state index is 0.0853. The van der Waals surface area contributed by atoms with Crippen molar-refractivity contribution in [3.8, 4) is 0 Å². The molecule has 1 aliphatic heterocycles. The molecule has 1 heterocycles. The van der Waals surface area contributed by atoms with Crippen LogP contribution in [0.5, 0.6) is 0 Å². The Hall–Kier alpha value is -0.340. The Kier molecular flexibility index (Phi) is 3.01. The van der Waals surface area contributed by atoms with Gasteiger partial charge in [0.2, 0.25) is 0 Å². The average molecular weight is 316 g/mol. The maximum absolute atomic E-state index is 10.1. The van der Waals surface area contributed by atoms with Gasteiger partial charge in [0.15, 0.2) is 0 Å². The van der Waals surface area contributed by atoms with Crippen LogP contribution in [0.1, 0.15) is 71.6 Å². The topological polar surface area (TPSA) is 29.5 Å². The highest BCUT2D eigenvalue weighted by Gasteiger charge is 2.66. The second-order valence-electron chi connectivity index (χ2n) is 9.74. The maximum Gasteiger partial charge on any atom is 0.0760 e. The molecule has 1 N–H and O–H groups in total. The van der Waals surface area contributed by atoms with Gasteiger partial charge in [-0.1, -0.05) is 25.5 Å². The SMILES string of the molecule is C[C@]12CC[C@H](O)CC1=CC[C@H]1[C@H]2CC[C@@]2(C)[C@@H]1CC[C@@]21CCO1. The first kappa shape index (κ1) is 15.0. The molecule has 3 saturated carbocycles. The third-order valence-corrected chi connectivity index (χ3v) is 9.25. The summed E-state index contributed by atoms with van der Waals surface area (Å²) in [5.74, 6) is 2.58. The second kappa shape index (κ2) is 4.64. The van der Waals surface area contributed by atoms with Gasteiger partial charge in [-0.15, -0.1) is 0 Å². The lowest BCUT2D eigenvalue weighted by molar-refractivity contribution is -0.225. The molecule has 4 fully saturated rings. The van der Waals surface area contributed by atoms with Gasteiger partial charge < -0.3 is 9.84 Å². The van der Waals surface area contributed by atoms with Crippen LogP contribution in [0.4, 0.5) is 0 Å². The molecule has 0 aromatic heterocycles. The zero-order valence-corrected chi connectivity index (χ0v) is 14.8. The molecule has 5 rings (SSSR count). The third-order valence-electron chi connectivity index (χ3n) is 9.25. The zero-order valence-electron chi connectivity index (χ0n) is 14.8. The van der Waals surface area contributed by atoms with Gasteiger partial charge in [-0.05, 0) is 80.0 Å². The van der Waals surface area contributed by atoms with Crippen LogP contribution < -0.4 is 0 Å². The van der Waals surface area contributed by atoms with E-state index in [9.17, 15) is 5.11 Å². The molecule has 0 aromatic carbocycles. The molecule has 23 heavy (non-hydrogen) atoms. The van der Waals surface area contributed by atoms with E-state index < -0.39 is 0 Å². The van der Waals surface area contributed by atoms with Crippen LogP contribution in [-0.4, -0.2) is 23.4 Å². The van der Waals surface area contributed by atoms with Crippen molar-refractivity contribution < 1.29 is 9.84 Å². The van der Waals surface area contributed by atoms with E-state index >= 15 is 0 Å². The number of allylic oxidation sites excluding steroid dienone is 1. The summed E-state index contributed by atoms with van der Waals surface area (Å²) in [6.07, 6.45) is 13.6. The molecule has 2 heteroatoms. The standard InChI is InChI=1S/C21H32O2/c1-19-8-5-15(22)13-14(19)3-4-16-17(19)6-9-20(2)18(16)7-10-21(20)11-12-23-21/h3,15-18,22H,4-13H2,1-2H3/t15-,16-,17+,18+,19-,20-,21+/m0/s1. The van der Waals surface area contributed by atoms with Gasteiger partial charge in [-0.3, -0.25) is 0 Å². The molecule has 0 bridgehead atoms. The van der Waals surface area contributed by atoms with Crippen molar-refractivity contribution >= 4 is 0 Å². The van der Waals surface area contributed by atoms with Gasteiger partial charge in [0.05, 0.1) is 18.3 Å².